The highest BCUT2D eigenvalue weighted by Gasteiger charge is 2.25. The zero-order valence-electron chi connectivity index (χ0n) is 13.1. The fourth-order valence-electron chi connectivity index (χ4n) is 3.23. The van der Waals surface area contributed by atoms with Gasteiger partial charge in [-0.05, 0) is 30.9 Å². The van der Waals surface area contributed by atoms with Crippen molar-refractivity contribution in [2.45, 2.75) is 32.1 Å². The van der Waals surface area contributed by atoms with Gasteiger partial charge in [-0.3, -0.25) is 9.20 Å². The van der Waals surface area contributed by atoms with Gasteiger partial charge in [0.25, 0.3) is 0 Å². The molecule has 0 unspecified atom stereocenters. The first-order valence-corrected chi connectivity index (χ1v) is 8.85. The Bertz CT molecular complexity index is 864. The highest BCUT2D eigenvalue weighted by atomic mass is 32.1. The van der Waals surface area contributed by atoms with Gasteiger partial charge in [0, 0.05) is 36.2 Å². The van der Waals surface area contributed by atoms with Crippen molar-refractivity contribution in [2.24, 2.45) is 0 Å². The van der Waals surface area contributed by atoms with E-state index in [0.29, 0.717) is 12.3 Å². The fraction of sp³-hybridized carbons (Fsp3) is 0.333. The number of benzene rings is 1. The molecule has 1 amide bonds. The number of hydrogen-bond acceptors (Lipinski definition) is 3. The van der Waals surface area contributed by atoms with Gasteiger partial charge < -0.3 is 5.32 Å². The van der Waals surface area contributed by atoms with Crippen molar-refractivity contribution in [3.8, 4) is 0 Å². The number of hydrogen-bond donors (Lipinski definition) is 1. The lowest BCUT2D eigenvalue weighted by molar-refractivity contribution is -0.121. The normalized spacial score (nSPS) is 16.1. The van der Waals surface area contributed by atoms with Crippen LogP contribution in [-0.2, 0) is 17.6 Å². The lowest BCUT2D eigenvalue weighted by atomic mass is 9.77. The molecule has 0 bridgehead atoms. The Hall–Kier alpha value is -2.14. The van der Waals surface area contributed by atoms with Crippen molar-refractivity contribution in [1.29, 1.82) is 0 Å². The number of imidazole rings is 1. The molecule has 4 rings (SSSR count). The van der Waals surface area contributed by atoms with Crippen LogP contribution in [0.25, 0.3) is 4.96 Å². The Labute approximate surface area is 139 Å². The maximum absolute atomic E-state index is 12.1. The predicted octanol–water partition coefficient (Wildman–Crippen LogP) is 3.09. The number of nitrogens with one attached hydrogen (secondary N) is 1. The molecule has 23 heavy (non-hydrogen) atoms. The molecule has 2 aromatic heterocycles. The molecule has 0 spiro atoms. The largest absolute Gasteiger partial charge is 0.355 e. The third kappa shape index (κ3) is 2.77. The summed E-state index contributed by atoms with van der Waals surface area (Å²) in [6.07, 6.45) is 4.39. The maximum Gasteiger partial charge on any atom is 0.220 e. The zero-order chi connectivity index (χ0) is 15.8. The number of aromatic nitrogens is 2. The van der Waals surface area contributed by atoms with E-state index in [0.717, 1.165) is 35.7 Å². The van der Waals surface area contributed by atoms with Crippen LogP contribution in [-0.4, -0.2) is 21.8 Å². The summed E-state index contributed by atoms with van der Waals surface area (Å²) in [7, 11) is 0. The van der Waals surface area contributed by atoms with Crippen molar-refractivity contribution < 1.29 is 4.79 Å². The lowest BCUT2D eigenvalue weighted by Gasteiger charge is -2.30. The van der Waals surface area contributed by atoms with Gasteiger partial charge in [-0.15, -0.1) is 11.3 Å². The van der Waals surface area contributed by atoms with Crippen molar-refractivity contribution in [1.82, 2.24) is 14.7 Å². The second-order valence-corrected chi connectivity index (χ2v) is 7.00. The van der Waals surface area contributed by atoms with Crippen LogP contribution in [0, 0.1) is 6.92 Å². The maximum atomic E-state index is 12.1. The highest BCUT2D eigenvalue weighted by Crippen LogP contribution is 2.33. The molecule has 0 saturated heterocycles. The molecule has 4 nitrogen and oxygen atoms in total. The first-order valence-electron chi connectivity index (χ1n) is 7.97. The predicted molar refractivity (Wildman–Crippen MR) is 92.0 cm³/mol. The molecule has 3 aromatic rings. The SMILES string of the molecule is Cc1cn2c(CCC(=O)NC[C@@H]3Cc4ccccc43)csc2n1. The number of amides is 1. The topological polar surface area (TPSA) is 46.4 Å². The quantitative estimate of drug-likeness (QED) is 0.783. The molecule has 1 atom stereocenters. The number of carbonyl (C=O) groups is 1. The summed E-state index contributed by atoms with van der Waals surface area (Å²) in [6.45, 7) is 2.74. The molecule has 0 aliphatic heterocycles. The number of fused-ring (bicyclic) bond motifs is 2. The van der Waals surface area contributed by atoms with E-state index in [9.17, 15) is 4.79 Å². The average molecular weight is 325 g/mol. The molecule has 0 radical (unpaired) electrons. The molecule has 1 aromatic carbocycles. The van der Waals surface area contributed by atoms with E-state index in [1.54, 1.807) is 11.3 Å². The van der Waals surface area contributed by atoms with Gasteiger partial charge in [0.2, 0.25) is 5.91 Å². The van der Waals surface area contributed by atoms with E-state index in [-0.39, 0.29) is 5.91 Å². The van der Waals surface area contributed by atoms with Gasteiger partial charge in [-0.25, -0.2) is 4.98 Å². The van der Waals surface area contributed by atoms with Gasteiger partial charge in [0.15, 0.2) is 4.96 Å². The van der Waals surface area contributed by atoms with Crippen LogP contribution in [0.4, 0.5) is 0 Å². The Balaban J connectivity index is 1.29. The zero-order valence-corrected chi connectivity index (χ0v) is 13.9. The Morgan fingerprint density at radius 1 is 1.43 bits per heavy atom. The fourth-order valence-corrected chi connectivity index (χ4v) is 4.19. The molecule has 1 aliphatic rings. The minimum atomic E-state index is 0.130. The Kier molecular flexibility index (Phi) is 3.65. The number of rotatable bonds is 5. The summed E-state index contributed by atoms with van der Waals surface area (Å²) in [5, 5.41) is 5.18. The second-order valence-electron chi connectivity index (χ2n) is 6.17. The summed E-state index contributed by atoms with van der Waals surface area (Å²) in [6, 6.07) is 8.48. The van der Waals surface area contributed by atoms with Crippen LogP contribution in [0.5, 0.6) is 0 Å². The summed E-state index contributed by atoms with van der Waals surface area (Å²) in [4.78, 5) is 17.5. The number of nitrogens with zero attached hydrogens (tertiary/aromatic N) is 2. The van der Waals surface area contributed by atoms with Gasteiger partial charge in [0.1, 0.15) is 0 Å². The molecular formula is C18H19N3OS. The van der Waals surface area contributed by atoms with E-state index in [2.05, 4.69) is 44.3 Å². The summed E-state index contributed by atoms with van der Waals surface area (Å²) >= 11 is 1.63. The molecular weight excluding hydrogens is 306 g/mol. The number of carbonyl (C=O) groups excluding carboxylic acids is 1. The van der Waals surface area contributed by atoms with Gasteiger partial charge >= 0.3 is 0 Å². The lowest BCUT2D eigenvalue weighted by Crippen LogP contribution is -2.33. The second kappa shape index (κ2) is 5.81. The minimum absolute atomic E-state index is 0.130. The monoisotopic (exact) mass is 325 g/mol. The molecule has 2 heterocycles. The van der Waals surface area contributed by atoms with Crippen LogP contribution in [0.1, 0.15) is 34.9 Å². The summed E-state index contributed by atoms with van der Waals surface area (Å²) < 4.78 is 2.09. The van der Waals surface area contributed by atoms with Crippen molar-refractivity contribution in [2.75, 3.05) is 6.54 Å². The molecule has 1 aliphatic carbocycles. The van der Waals surface area contributed by atoms with E-state index in [1.165, 1.54) is 11.1 Å². The first kappa shape index (κ1) is 14.5. The van der Waals surface area contributed by atoms with E-state index in [4.69, 9.17) is 0 Å². The van der Waals surface area contributed by atoms with Crippen LogP contribution >= 0.6 is 11.3 Å². The summed E-state index contributed by atoms with van der Waals surface area (Å²) in [5.41, 5.74) is 4.99. The van der Waals surface area contributed by atoms with Crippen molar-refractivity contribution in [3.63, 3.8) is 0 Å². The third-order valence-corrected chi connectivity index (χ3v) is 5.41. The first-order chi connectivity index (χ1) is 11.2. The molecule has 0 fully saturated rings. The van der Waals surface area contributed by atoms with Crippen LogP contribution in [0.2, 0.25) is 0 Å². The molecule has 118 valence electrons. The standard InChI is InChI=1S/C18H19N3OS/c1-12-10-21-15(11-23-18(21)20-12)6-7-17(22)19-9-14-8-13-4-2-3-5-16(13)14/h2-5,10-11,14H,6-9H2,1H3,(H,19,22)/t14-/m0/s1. The Morgan fingerprint density at radius 3 is 3.17 bits per heavy atom. The van der Waals surface area contributed by atoms with E-state index >= 15 is 0 Å². The molecule has 0 saturated carbocycles. The van der Waals surface area contributed by atoms with Crippen LogP contribution in [0.3, 0.4) is 0 Å². The van der Waals surface area contributed by atoms with E-state index in [1.807, 2.05) is 13.1 Å². The van der Waals surface area contributed by atoms with Gasteiger partial charge in [-0.1, -0.05) is 24.3 Å². The average Bonchev–Trinajstić information content (AvgIpc) is 3.05. The van der Waals surface area contributed by atoms with Crippen LogP contribution in [0.15, 0.2) is 35.8 Å². The van der Waals surface area contributed by atoms with Gasteiger partial charge in [0.05, 0.1) is 5.69 Å². The summed E-state index contributed by atoms with van der Waals surface area (Å²) in [5.74, 6) is 0.616. The smallest absolute Gasteiger partial charge is 0.220 e. The number of thiazole rings is 1. The minimum Gasteiger partial charge on any atom is -0.355 e. The van der Waals surface area contributed by atoms with E-state index < -0.39 is 0 Å². The van der Waals surface area contributed by atoms with Crippen molar-refractivity contribution in [3.05, 3.63) is 58.4 Å². The van der Waals surface area contributed by atoms with Crippen LogP contribution < -0.4 is 5.32 Å². The van der Waals surface area contributed by atoms with Crippen molar-refractivity contribution >= 4 is 22.2 Å². The number of aryl methyl sites for hydroxylation is 2. The molecule has 1 N–H and O–H groups in total. The Morgan fingerprint density at radius 2 is 2.30 bits per heavy atom. The highest BCUT2D eigenvalue weighted by molar-refractivity contribution is 7.15. The van der Waals surface area contributed by atoms with Gasteiger partial charge in [-0.2, -0.15) is 0 Å². The third-order valence-electron chi connectivity index (χ3n) is 4.52. The molecule has 5 heteroatoms.